The molecule has 0 aliphatic heterocycles. The third-order valence-corrected chi connectivity index (χ3v) is 5.60. The van der Waals surface area contributed by atoms with Gasteiger partial charge in [-0.15, -0.1) is 0 Å². The normalized spacial score (nSPS) is 14.2. The second-order valence-electron chi connectivity index (χ2n) is 8.41. The molecule has 0 radical (unpaired) electrons. The highest BCUT2D eigenvalue weighted by Gasteiger charge is 2.51. The Morgan fingerprint density at radius 1 is 1.06 bits per heavy atom. The van der Waals surface area contributed by atoms with E-state index in [4.69, 9.17) is 0 Å². The van der Waals surface area contributed by atoms with E-state index >= 15 is 0 Å². The van der Waals surface area contributed by atoms with Crippen LogP contribution in [0.5, 0.6) is 0 Å². The lowest BCUT2D eigenvalue weighted by molar-refractivity contribution is -0.137. The lowest BCUT2D eigenvalue weighted by Crippen LogP contribution is -2.48. The zero-order valence-corrected chi connectivity index (χ0v) is 18.8. The number of rotatable bonds is 7. The summed E-state index contributed by atoms with van der Waals surface area (Å²) in [6.45, 7) is 1.44. The Morgan fingerprint density at radius 2 is 1.81 bits per heavy atom. The molecule has 0 unspecified atom stereocenters. The average Bonchev–Trinajstić information content (AvgIpc) is 3.59. The number of pyridine rings is 2. The summed E-state index contributed by atoms with van der Waals surface area (Å²) in [6.07, 6.45) is -0.0464. The minimum atomic E-state index is -4.83. The van der Waals surface area contributed by atoms with Crippen molar-refractivity contribution in [3.63, 3.8) is 0 Å². The molecule has 12 heteroatoms. The van der Waals surface area contributed by atoms with Gasteiger partial charge in [0.2, 0.25) is 5.91 Å². The molecule has 1 fully saturated rings. The molecule has 2 aromatic heterocycles. The van der Waals surface area contributed by atoms with Gasteiger partial charge in [0.05, 0.1) is 40.9 Å². The van der Waals surface area contributed by atoms with E-state index in [1.54, 1.807) is 19.2 Å². The Balaban J connectivity index is 1.41. The summed E-state index contributed by atoms with van der Waals surface area (Å²) in [5.74, 6) is -3.09. The van der Waals surface area contributed by atoms with E-state index in [1.807, 2.05) is 0 Å². The second kappa shape index (κ2) is 9.51. The first-order valence-electron chi connectivity index (χ1n) is 10.8. The third kappa shape index (κ3) is 5.42. The molecule has 36 heavy (non-hydrogen) atoms. The SMILES string of the molecule is Cc1cncc(C(=O)NC2(C(=O)NCc3ncc(Nc4c(F)cccc4C(F)(F)F)cc3F)CC2)c1. The van der Waals surface area contributed by atoms with E-state index in [0.29, 0.717) is 24.5 Å². The number of alkyl halides is 3. The van der Waals surface area contributed by atoms with Gasteiger partial charge in [0, 0.05) is 18.5 Å². The van der Waals surface area contributed by atoms with Crippen molar-refractivity contribution in [3.8, 4) is 0 Å². The van der Waals surface area contributed by atoms with Gasteiger partial charge in [-0.05, 0) is 43.5 Å². The Kier molecular flexibility index (Phi) is 6.61. The summed E-state index contributed by atoms with van der Waals surface area (Å²) < 4.78 is 68.1. The topological polar surface area (TPSA) is 96.0 Å². The van der Waals surface area contributed by atoms with Crippen molar-refractivity contribution in [1.82, 2.24) is 20.6 Å². The average molecular weight is 505 g/mol. The van der Waals surface area contributed by atoms with E-state index in [0.717, 1.165) is 30.0 Å². The minimum absolute atomic E-state index is 0.191. The van der Waals surface area contributed by atoms with Gasteiger partial charge in [0.1, 0.15) is 17.2 Å². The maximum Gasteiger partial charge on any atom is 0.418 e. The fraction of sp³-hybridized carbons (Fsp3) is 0.250. The molecule has 0 atom stereocenters. The molecule has 4 rings (SSSR count). The molecule has 0 spiro atoms. The van der Waals surface area contributed by atoms with Crippen LogP contribution < -0.4 is 16.0 Å². The molecule has 1 aliphatic carbocycles. The maximum atomic E-state index is 14.6. The van der Waals surface area contributed by atoms with E-state index < -0.39 is 46.4 Å². The van der Waals surface area contributed by atoms with Crippen LogP contribution in [-0.4, -0.2) is 27.3 Å². The fourth-order valence-corrected chi connectivity index (χ4v) is 3.53. The number of amides is 2. The molecule has 2 amide bonds. The molecule has 0 bridgehead atoms. The monoisotopic (exact) mass is 505 g/mol. The van der Waals surface area contributed by atoms with Crippen LogP contribution in [0.1, 0.15) is 40.0 Å². The summed E-state index contributed by atoms with van der Waals surface area (Å²) in [7, 11) is 0. The van der Waals surface area contributed by atoms with Crippen LogP contribution in [-0.2, 0) is 17.5 Å². The Morgan fingerprint density at radius 3 is 2.44 bits per heavy atom. The number of aromatic nitrogens is 2. The number of benzene rings is 1. The molecule has 3 aromatic rings. The zero-order valence-electron chi connectivity index (χ0n) is 18.8. The van der Waals surface area contributed by atoms with Crippen LogP contribution in [0.3, 0.4) is 0 Å². The van der Waals surface area contributed by atoms with Gasteiger partial charge in [-0.1, -0.05) is 6.07 Å². The van der Waals surface area contributed by atoms with Gasteiger partial charge < -0.3 is 16.0 Å². The number of hydrogen-bond acceptors (Lipinski definition) is 5. The number of aryl methyl sites for hydroxylation is 1. The summed E-state index contributed by atoms with van der Waals surface area (Å²) in [6, 6.07) is 4.93. The molecule has 2 heterocycles. The van der Waals surface area contributed by atoms with Crippen LogP contribution in [0.4, 0.5) is 33.3 Å². The van der Waals surface area contributed by atoms with Crippen molar-refractivity contribution >= 4 is 23.2 Å². The van der Waals surface area contributed by atoms with Gasteiger partial charge in [-0.3, -0.25) is 19.6 Å². The smallest absolute Gasteiger partial charge is 0.351 e. The van der Waals surface area contributed by atoms with Crippen molar-refractivity contribution in [2.45, 2.75) is 38.0 Å². The highest BCUT2D eigenvalue weighted by Crippen LogP contribution is 2.38. The van der Waals surface area contributed by atoms with Gasteiger partial charge in [-0.25, -0.2) is 8.78 Å². The molecule has 7 nitrogen and oxygen atoms in total. The highest BCUT2D eigenvalue weighted by molar-refractivity contribution is 6.00. The number of para-hydroxylation sites is 1. The quantitative estimate of drug-likeness (QED) is 0.414. The first kappa shape index (κ1) is 25.0. The molecule has 1 aliphatic rings. The van der Waals surface area contributed by atoms with Crippen LogP contribution in [0.15, 0.2) is 48.9 Å². The van der Waals surface area contributed by atoms with E-state index in [9.17, 15) is 31.5 Å². The first-order valence-corrected chi connectivity index (χ1v) is 10.8. The fourth-order valence-electron chi connectivity index (χ4n) is 3.53. The van der Waals surface area contributed by atoms with Crippen molar-refractivity contribution in [3.05, 3.63) is 82.9 Å². The number of carbonyl (C=O) groups excluding carboxylic acids is 2. The number of carbonyl (C=O) groups is 2. The molecule has 0 saturated heterocycles. The summed E-state index contributed by atoms with van der Waals surface area (Å²) in [5, 5.41) is 7.41. The summed E-state index contributed by atoms with van der Waals surface area (Å²) in [4.78, 5) is 32.9. The van der Waals surface area contributed by atoms with Crippen LogP contribution in [0.25, 0.3) is 0 Å². The zero-order chi connectivity index (χ0) is 26.1. The Bertz CT molecular complexity index is 1320. The molecular formula is C24H20F5N5O2. The lowest BCUT2D eigenvalue weighted by atomic mass is 10.1. The number of hydrogen-bond donors (Lipinski definition) is 3. The van der Waals surface area contributed by atoms with Gasteiger partial charge >= 0.3 is 6.18 Å². The number of nitrogens with one attached hydrogen (secondary N) is 3. The van der Waals surface area contributed by atoms with Crippen LogP contribution >= 0.6 is 0 Å². The van der Waals surface area contributed by atoms with Crippen LogP contribution in [0, 0.1) is 18.6 Å². The second-order valence-corrected chi connectivity index (χ2v) is 8.41. The van der Waals surface area contributed by atoms with Gasteiger partial charge in [-0.2, -0.15) is 13.2 Å². The number of anilines is 2. The summed E-state index contributed by atoms with van der Waals surface area (Å²) in [5.41, 5.74) is -2.56. The number of halogens is 5. The first-order chi connectivity index (χ1) is 17.0. The van der Waals surface area contributed by atoms with Gasteiger partial charge in [0.25, 0.3) is 5.91 Å². The Hall–Kier alpha value is -4.09. The predicted molar refractivity (Wildman–Crippen MR) is 119 cm³/mol. The largest absolute Gasteiger partial charge is 0.418 e. The third-order valence-electron chi connectivity index (χ3n) is 5.60. The van der Waals surface area contributed by atoms with E-state index in [2.05, 4.69) is 25.9 Å². The molecule has 1 aromatic carbocycles. The van der Waals surface area contributed by atoms with Crippen molar-refractivity contribution in [2.75, 3.05) is 5.32 Å². The maximum absolute atomic E-state index is 14.6. The standard InChI is InChI=1S/C24H20F5N5O2/c1-13-7-14(10-30-9-13)21(35)34-23(5-6-23)22(36)32-12-19-18(26)8-15(11-31-19)33-20-16(24(27,28)29)3-2-4-17(20)25/h2-4,7-11,33H,5-6,12H2,1H3,(H,32,36)(H,34,35). The predicted octanol–water partition coefficient (Wildman–Crippen LogP) is 4.40. The van der Waals surface area contributed by atoms with Crippen LogP contribution in [0.2, 0.25) is 0 Å². The molecule has 1 saturated carbocycles. The molecule has 3 N–H and O–H groups in total. The van der Waals surface area contributed by atoms with Crippen molar-refractivity contribution in [1.29, 1.82) is 0 Å². The Labute approximate surface area is 202 Å². The minimum Gasteiger partial charge on any atom is -0.351 e. The molecular weight excluding hydrogens is 485 g/mol. The van der Waals surface area contributed by atoms with Gasteiger partial charge in [0.15, 0.2) is 0 Å². The number of nitrogens with zero attached hydrogens (tertiary/aromatic N) is 2. The van der Waals surface area contributed by atoms with E-state index in [1.165, 1.54) is 6.20 Å². The van der Waals surface area contributed by atoms with Crippen molar-refractivity contribution < 1.29 is 31.5 Å². The van der Waals surface area contributed by atoms with Crippen molar-refractivity contribution in [2.24, 2.45) is 0 Å². The molecule has 188 valence electrons. The lowest BCUT2D eigenvalue weighted by Gasteiger charge is -2.18. The van der Waals surface area contributed by atoms with E-state index in [-0.39, 0.29) is 17.9 Å². The summed E-state index contributed by atoms with van der Waals surface area (Å²) >= 11 is 0. The highest BCUT2D eigenvalue weighted by atomic mass is 19.4.